The summed E-state index contributed by atoms with van der Waals surface area (Å²) in [5.74, 6) is 0. The lowest BCUT2D eigenvalue weighted by atomic mass is 9.97. The Morgan fingerprint density at radius 2 is 0.750 bits per heavy atom. The molecule has 0 radical (unpaired) electrons. The van der Waals surface area contributed by atoms with E-state index in [2.05, 4.69) is 220 Å². The Morgan fingerprint density at radius 1 is 0.267 bits per heavy atom. The molecule has 0 saturated carbocycles. The van der Waals surface area contributed by atoms with Crippen molar-refractivity contribution < 1.29 is 4.42 Å². The number of aromatic nitrogens is 3. The van der Waals surface area contributed by atoms with E-state index in [4.69, 9.17) is 4.42 Å². The van der Waals surface area contributed by atoms with E-state index in [1.54, 1.807) is 0 Å². The van der Waals surface area contributed by atoms with E-state index in [9.17, 15) is 0 Å². The largest absolute Gasteiger partial charge is 0.439 e. The van der Waals surface area contributed by atoms with Gasteiger partial charge in [0.1, 0.15) is 5.58 Å². The fourth-order valence-electron chi connectivity index (χ4n) is 9.79. The molecule has 0 aliphatic carbocycles. The summed E-state index contributed by atoms with van der Waals surface area (Å²) in [5.41, 5.74) is 15.7. The van der Waals surface area contributed by atoms with Crippen LogP contribution in [0.2, 0.25) is 0 Å². The number of benzene rings is 9. The van der Waals surface area contributed by atoms with Crippen molar-refractivity contribution in [3.05, 3.63) is 212 Å². The first-order valence-corrected chi connectivity index (χ1v) is 20.5. The maximum atomic E-state index is 6.55. The fourth-order valence-corrected chi connectivity index (χ4v) is 9.79. The van der Waals surface area contributed by atoms with Crippen molar-refractivity contribution in [2.24, 2.45) is 0 Å². The average molecular weight is 766 g/mol. The minimum absolute atomic E-state index is 0.869. The molecular formula is C56H35N3O. The van der Waals surface area contributed by atoms with Crippen molar-refractivity contribution in [3.63, 3.8) is 0 Å². The first-order chi connectivity index (χ1) is 29.8. The summed E-state index contributed by atoms with van der Waals surface area (Å²) in [5, 5.41) is 8.45. The molecule has 9 aromatic carbocycles. The van der Waals surface area contributed by atoms with E-state index >= 15 is 0 Å². The second kappa shape index (κ2) is 12.7. The zero-order valence-electron chi connectivity index (χ0n) is 32.5. The zero-order valence-corrected chi connectivity index (χ0v) is 32.5. The van der Waals surface area contributed by atoms with Crippen molar-refractivity contribution >= 4 is 76.6 Å². The third kappa shape index (κ3) is 4.79. The SMILES string of the molecule is c1ccc(-n2c3ccc(-c4cccc(-c5cccc(-n6c7ccccc7c7cc(-n8c9ccccc9c9ccccc98)ccc76)c5)c4)cc3c3c4ccccc4oc32)cc1. The fraction of sp³-hybridized carbons (Fsp3) is 0. The van der Waals surface area contributed by atoms with Gasteiger partial charge in [0.05, 0.1) is 33.0 Å². The molecule has 4 aromatic heterocycles. The molecule has 60 heavy (non-hydrogen) atoms. The Kier molecular flexibility index (Phi) is 6.98. The van der Waals surface area contributed by atoms with E-state index in [0.717, 1.165) is 44.6 Å². The van der Waals surface area contributed by atoms with Crippen molar-refractivity contribution in [1.82, 2.24) is 13.7 Å². The predicted molar refractivity (Wildman–Crippen MR) is 250 cm³/mol. The summed E-state index contributed by atoms with van der Waals surface area (Å²) >= 11 is 0. The third-order valence-electron chi connectivity index (χ3n) is 12.4. The van der Waals surface area contributed by atoms with Gasteiger partial charge >= 0.3 is 0 Å². The lowest BCUT2D eigenvalue weighted by Crippen LogP contribution is -1.96. The summed E-state index contributed by atoms with van der Waals surface area (Å²) < 4.78 is 13.6. The van der Waals surface area contributed by atoms with Crippen LogP contribution < -0.4 is 0 Å². The average Bonchev–Trinajstić information content (AvgIpc) is 4.05. The van der Waals surface area contributed by atoms with Gasteiger partial charge in [0.15, 0.2) is 0 Å². The van der Waals surface area contributed by atoms with Crippen LogP contribution in [0.5, 0.6) is 0 Å². The van der Waals surface area contributed by atoms with Gasteiger partial charge in [-0.1, -0.05) is 127 Å². The van der Waals surface area contributed by atoms with Crippen LogP contribution in [0.3, 0.4) is 0 Å². The highest BCUT2D eigenvalue weighted by Crippen LogP contribution is 2.42. The molecule has 4 heterocycles. The van der Waals surface area contributed by atoms with Crippen LogP contribution in [-0.2, 0) is 0 Å². The minimum atomic E-state index is 0.869. The number of nitrogens with zero attached hydrogens (tertiary/aromatic N) is 3. The smallest absolute Gasteiger partial charge is 0.213 e. The molecular weight excluding hydrogens is 731 g/mol. The lowest BCUT2D eigenvalue weighted by molar-refractivity contribution is 0.645. The van der Waals surface area contributed by atoms with E-state index in [0.29, 0.717) is 0 Å². The van der Waals surface area contributed by atoms with E-state index in [-0.39, 0.29) is 0 Å². The molecule has 0 fully saturated rings. The van der Waals surface area contributed by atoms with E-state index in [1.807, 2.05) is 6.07 Å². The van der Waals surface area contributed by atoms with Gasteiger partial charge in [0.2, 0.25) is 5.71 Å². The quantitative estimate of drug-likeness (QED) is 0.171. The van der Waals surface area contributed by atoms with Crippen LogP contribution in [0.4, 0.5) is 0 Å². The van der Waals surface area contributed by atoms with E-state index < -0.39 is 0 Å². The number of furan rings is 1. The molecule has 0 amide bonds. The monoisotopic (exact) mass is 765 g/mol. The van der Waals surface area contributed by atoms with E-state index in [1.165, 1.54) is 71.3 Å². The van der Waals surface area contributed by atoms with Gasteiger partial charge in [-0.2, -0.15) is 0 Å². The molecule has 0 bridgehead atoms. The van der Waals surface area contributed by atoms with Gasteiger partial charge in [0, 0.05) is 49.4 Å². The second-order valence-electron chi connectivity index (χ2n) is 15.7. The normalized spacial score (nSPS) is 12.0. The van der Waals surface area contributed by atoms with Crippen molar-refractivity contribution in [2.75, 3.05) is 0 Å². The summed E-state index contributed by atoms with van der Waals surface area (Å²) in [7, 11) is 0. The van der Waals surface area contributed by atoms with Crippen LogP contribution in [-0.4, -0.2) is 13.7 Å². The third-order valence-corrected chi connectivity index (χ3v) is 12.4. The Hall–Kier alpha value is -8.08. The van der Waals surface area contributed by atoms with Gasteiger partial charge in [-0.15, -0.1) is 0 Å². The van der Waals surface area contributed by atoms with Crippen LogP contribution in [0.15, 0.2) is 217 Å². The number of hydrogen-bond acceptors (Lipinski definition) is 1. The zero-order chi connectivity index (χ0) is 39.3. The molecule has 0 unspecified atom stereocenters. The first-order valence-electron chi connectivity index (χ1n) is 20.5. The number of para-hydroxylation sites is 5. The van der Waals surface area contributed by atoms with Crippen LogP contribution in [0.25, 0.3) is 116 Å². The standard InChI is InChI=1S/C56H35N3O/c1-2-17-40(18-3-1)59-53-30-28-39(34-48(53)55-46-23-7-11-27-54(46)60-56(55)59)37-15-12-14-36(32-37)38-16-13-19-41(33-38)57-51-26-10-6-22-45(51)47-35-42(29-31-52(47)57)58-49-24-8-4-20-43(49)44-21-5-9-25-50(44)58/h1-35H. The van der Waals surface area contributed by atoms with Crippen molar-refractivity contribution in [3.8, 4) is 39.3 Å². The molecule has 0 saturated heterocycles. The molecule has 0 spiro atoms. The number of fused-ring (bicyclic) bond motifs is 11. The van der Waals surface area contributed by atoms with Crippen LogP contribution in [0.1, 0.15) is 0 Å². The molecule has 0 N–H and O–H groups in total. The number of hydrogen-bond donors (Lipinski definition) is 0. The molecule has 4 heteroatoms. The summed E-state index contributed by atoms with van der Waals surface area (Å²) in [6.45, 7) is 0. The molecule has 0 atom stereocenters. The minimum Gasteiger partial charge on any atom is -0.439 e. The molecule has 13 aromatic rings. The highest BCUT2D eigenvalue weighted by Gasteiger charge is 2.21. The molecule has 0 aliphatic rings. The summed E-state index contributed by atoms with van der Waals surface area (Å²) in [6.07, 6.45) is 0. The maximum absolute atomic E-state index is 6.55. The van der Waals surface area contributed by atoms with Gasteiger partial charge in [-0.05, 0) is 107 Å². The van der Waals surface area contributed by atoms with Crippen molar-refractivity contribution in [2.45, 2.75) is 0 Å². The molecule has 13 rings (SSSR count). The lowest BCUT2D eigenvalue weighted by Gasteiger charge is -2.12. The maximum Gasteiger partial charge on any atom is 0.213 e. The highest BCUT2D eigenvalue weighted by molar-refractivity contribution is 6.20. The van der Waals surface area contributed by atoms with Crippen LogP contribution in [0, 0.1) is 0 Å². The van der Waals surface area contributed by atoms with Gasteiger partial charge in [-0.3, -0.25) is 4.57 Å². The van der Waals surface area contributed by atoms with Gasteiger partial charge in [0.25, 0.3) is 0 Å². The Balaban J connectivity index is 0.933. The summed E-state index contributed by atoms with van der Waals surface area (Å²) in [4.78, 5) is 0. The van der Waals surface area contributed by atoms with Crippen LogP contribution >= 0.6 is 0 Å². The Morgan fingerprint density at radius 3 is 1.45 bits per heavy atom. The van der Waals surface area contributed by atoms with Gasteiger partial charge in [-0.25, -0.2) is 0 Å². The first kappa shape index (κ1) is 32.9. The Bertz CT molecular complexity index is 3790. The molecule has 0 aliphatic heterocycles. The number of rotatable bonds is 5. The summed E-state index contributed by atoms with van der Waals surface area (Å²) in [6, 6.07) is 76.7. The molecule has 4 nitrogen and oxygen atoms in total. The van der Waals surface area contributed by atoms with Gasteiger partial charge < -0.3 is 13.6 Å². The second-order valence-corrected chi connectivity index (χ2v) is 15.7. The highest BCUT2D eigenvalue weighted by atomic mass is 16.3. The Labute approximate surface area is 345 Å². The van der Waals surface area contributed by atoms with Crippen molar-refractivity contribution in [1.29, 1.82) is 0 Å². The predicted octanol–water partition coefficient (Wildman–Crippen LogP) is 15.1. The molecule has 280 valence electrons. The topological polar surface area (TPSA) is 27.9 Å².